The number of ether oxygens (including phenoxy) is 5. The van der Waals surface area contributed by atoms with Gasteiger partial charge in [0, 0.05) is 25.3 Å². The van der Waals surface area contributed by atoms with Crippen LogP contribution < -0.4 is 10.2 Å². The van der Waals surface area contributed by atoms with Gasteiger partial charge in [-0.25, -0.2) is 4.79 Å². The van der Waals surface area contributed by atoms with E-state index in [1.165, 1.54) is 11.0 Å². The monoisotopic (exact) mass is 614 g/mol. The van der Waals surface area contributed by atoms with Crippen molar-refractivity contribution in [2.75, 3.05) is 19.8 Å². The number of amides is 2. The molecule has 0 bridgehead atoms. The molecular formula is C33H46N2O9. The number of benzene rings is 1. The summed E-state index contributed by atoms with van der Waals surface area (Å²) in [6.07, 6.45) is 1.75. The lowest BCUT2D eigenvalue weighted by atomic mass is 10.1. The zero-order valence-electron chi connectivity index (χ0n) is 26.9. The van der Waals surface area contributed by atoms with Gasteiger partial charge >= 0.3 is 6.09 Å². The first-order chi connectivity index (χ1) is 20.7. The van der Waals surface area contributed by atoms with Crippen molar-refractivity contribution in [3.05, 3.63) is 63.7 Å². The van der Waals surface area contributed by atoms with Gasteiger partial charge in [-0.3, -0.25) is 14.5 Å². The fourth-order valence-corrected chi connectivity index (χ4v) is 5.21. The molecule has 11 nitrogen and oxygen atoms in total. The fourth-order valence-electron chi connectivity index (χ4n) is 5.21. The molecule has 2 saturated heterocycles. The minimum Gasteiger partial charge on any atom is -0.481 e. The highest BCUT2D eigenvalue weighted by Crippen LogP contribution is 2.31. The molecule has 44 heavy (non-hydrogen) atoms. The van der Waals surface area contributed by atoms with Gasteiger partial charge in [-0.2, -0.15) is 0 Å². The zero-order chi connectivity index (χ0) is 32.1. The van der Waals surface area contributed by atoms with Crippen LogP contribution in [0.1, 0.15) is 89.6 Å². The highest BCUT2D eigenvalue weighted by Gasteiger charge is 2.47. The van der Waals surface area contributed by atoms with Crippen molar-refractivity contribution >= 4 is 12.0 Å². The van der Waals surface area contributed by atoms with Crippen LogP contribution in [-0.2, 0) is 32.2 Å². The predicted octanol–water partition coefficient (Wildman–Crippen LogP) is 5.48. The molecule has 0 N–H and O–H groups in total. The SMILES string of the molecule is CC(C)N(CC1COC(C)(C)N1C(=O)OC(C)(C)C)C(=O)c1oc(COC2CCCCO2)cc(=O)c1OCc1ccccc1. The van der Waals surface area contributed by atoms with Crippen LogP contribution in [0.3, 0.4) is 0 Å². The van der Waals surface area contributed by atoms with Crippen molar-refractivity contribution in [1.29, 1.82) is 0 Å². The van der Waals surface area contributed by atoms with E-state index < -0.39 is 41.1 Å². The first-order valence-corrected chi connectivity index (χ1v) is 15.3. The van der Waals surface area contributed by atoms with Crippen LogP contribution in [0.4, 0.5) is 4.79 Å². The number of hydrogen-bond donors (Lipinski definition) is 0. The first kappa shape index (κ1) is 33.5. The van der Waals surface area contributed by atoms with Gasteiger partial charge in [-0.05, 0) is 73.3 Å². The van der Waals surface area contributed by atoms with Gasteiger partial charge in [-0.1, -0.05) is 30.3 Å². The number of carbonyl (C=O) groups excluding carboxylic acids is 2. The Morgan fingerprint density at radius 2 is 1.84 bits per heavy atom. The van der Waals surface area contributed by atoms with E-state index in [4.69, 9.17) is 28.1 Å². The molecule has 2 aliphatic rings. The molecule has 2 fully saturated rings. The van der Waals surface area contributed by atoms with Gasteiger partial charge in [0.25, 0.3) is 5.91 Å². The summed E-state index contributed by atoms with van der Waals surface area (Å²) in [5.41, 5.74) is -1.34. The van der Waals surface area contributed by atoms with Crippen molar-refractivity contribution in [3.8, 4) is 5.75 Å². The molecule has 1 aromatic heterocycles. The van der Waals surface area contributed by atoms with Crippen molar-refractivity contribution in [1.82, 2.24) is 9.80 Å². The number of rotatable bonds is 10. The second-order valence-electron chi connectivity index (χ2n) is 12.9. The Hall–Kier alpha value is -3.41. The van der Waals surface area contributed by atoms with Gasteiger partial charge in [0.05, 0.1) is 12.6 Å². The van der Waals surface area contributed by atoms with Crippen LogP contribution in [0.2, 0.25) is 0 Å². The van der Waals surface area contributed by atoms with E-state index in [9.17, 15) is 14.4 Å². The maximum Gasteiger partial charge on any atom is 0.412 e. The van der Waals surface area contributed by atoms with E-state index in [1.54, 1.807) is 39.5 Å². The van der Waals surface area contributed by atoms with Crippen molar-refractivity contribution in [2.45, 2.75) is 111 Å². The predicted molar refractivity (Wildman–Crippen MR) is 162 cm³/mol. The molecule has 2 atom stereocenters. The van der Waals surface area contributed by atoms with E-state index in [-0.39, 0.29) is 49.7 Å². The van der Waals surface area contributed by atoms with Crippen LogP contribution in [0.5, 0.6) is 5.75 Å². The van der Waals surface area contributed by atoms with Crippen LogP contribution in [-0.4, -0.2) is 71.3 Å². The average Bonchev–Trinajstić information content (AvgIpc) is 3.27. The van der Waals surface area contributed by atoms with Crippen LogP contribution in [0.25, 0.3) is 0 Å². The molecule has 0 radical (unpaired) electrons. The highest BCUT2D eigenvalue weighted by atomic mass is 16.7. The summed E-state index contributed by atoms with van der Waals surface area (Å²) >= 11 is 0. The smallest absolute Gasteiger partial charge is 0.412 e. The molecule has 1 aromatic carbocycles. The summed E-state index contributed by atoms with van der Waals surface area (Å²) in [5, 5.41) is 0. The molecule has 2 aliphatic heterocycles. The average molecular weight is 615 g/mol. The third kappa shape index (κ3) is 8.61. The number of hydrogen-bond acceptors (Lipinski definition) is 9. The molecule has 11 heteroatoms. The van der Waals surface area contributed by atoms with E-state index >= 15 is 0 Å². The molecule has 0 saturated carbocycles. The molecule has 2 amide bonds. The zero-order valence-corrected chi connectivity index (χ0v) is 26.9. The topological polar surface area (TPSA) is 117 Å². The normalized spacial score (nSPS) is 20.0. The van der Waals surface area contributed by atoms with Gasteiger partial charge in [0.15, 0.2) is 6.29 Å². The Bertz CT molecular complexity index is 1330. The summed E-state index contributed by atoms with van der Waals surface area (Å²) in [4.78, 5) is 44.0. The van der Waals surface area contributed by atoms with Crippen molar-refractivity contribution in [2.24, 2.45) is 0 Å². The second-order valence-corrected chi connectivity index (χ2v) is 12.9. The Balaban J connectivity index is 1.63. The van der Waals surface area contributed by atoms with E-state index in [0.29, 0.717) is 6.61 Å². The van der Waals surface area contributed by atoms with Crippen LogP contribution in [0.15, 0.2) is 45.6 Å². The standard InChI is InChI=1S/C33H46N2O9/c1-22(2)34(18-24-20-42-33(6,7)35(24)31(38)44-32(3,4)5)30(37)29-28(41-19-23-13-9-8-10-14-23)26(36)17-25(43-29)21-40-27-15-11-12-16-39-27/h8-10,13-14,17,22,24,27H,11-12,15-16,18-21H2,1-7H3. The van der Waals surface area contributed by atoms with Crippen molar-refractivity contribution in [3.63, 3.8) is 0 Å². The second kappa shape index (κ2) is 14.1. The van der Waals surface area contributed by atoms with E-state index in [2.05, 4.69) is 0 Å². The molecule has 3 heterocycles. The first-order valence-electron chi connectivity index (χ1n) is 15.3. The third-order valence-corrected chi connectivity index (χ3v) is 7.38. The van der Waals surface area contributed by atoms with Gasteiger partial charge in [0.1, 0.15) is 30.3 Å². The Labute approximate surface area is 259 Å². The molecule has 0 aliphatic carbocycles. The van der Waals surface area contributed by atoms with Gasteiger partial charge in [0.2, 0.25) is 16.9 Å². The van der Waals surface area contributed by atoms with E-state index in [0.717, 1.165) is 24.8 Å². The maximum absolute atomic E-state index is 14.3. The number of nitrogens with zero attached hydrogens (tertiary/aromatic N) is 2. The molecular weight excluding hydrogens is 568 g/mol. The lowest BCUT2D eigenvalue weighted by Crippen LogP contribution is -2.54. The van der Waals surface area contributed by atoms with E-state index in [1.807, 2.05) is 44.2 Å². The summed E-state index contributed by atoms with van der Waals surface area (Å²) in [6, 6.07) is 9.79. The summed E-state index contributed by atoms with van der Waals surface area (Å²) in [7, 11) is 0. The molecule has 242 valence electrons. The summed E-state index contributed by atoms with van der Waals surface area (Å²) in [5.74, 6) is -0.782. The lowest BCUT2D eigenvalue weighted by molar-refractivity contribution is -0.171. The molecule has 4 rings (SSSR count). The molecule has 2 unspecified atom stereocenters. The summed E-state index contributed by atoms with van der Waals surface area (Å²) < 4.78 is 35.2. The number of carbonyl (C=O) groups is 2. The molecule has 0 spiro atoms. The Morgan fingerprint density at radius 1 is 1.11 bits per heavy atom. The van der Waals surface area contributed by atoms with Gasteiger partial charge in [-0.15, -0.1) is 0 Å². The Kier molecular flexibility index (Phi) is 10.8. The summed E-state index contributed by atoms with van der Waals surface area (Å²) in [6.45, 7) is 13.6. The third-order valence-electron chi connectivity index (χ3n) is 7.38. The van der Waals surface area contributed by atoms with Crippen LogP contribution >= 0.6 is 0 Å². The minimum absolute atomic E-state index is 0.0437. The van der Waals surface area contributed by atoms with Crippen molar-refractivity contribution < 1.29 is 37.7 Å². The largest absolute Gasteiger partial charge is 0.481 e. The quantitative estimate of drug-likeness (QED) is 0.343. The fraction of sp³-hybridized carbons (Fsp3) is 0.606. The Morgan fingerprint density at radius 3 is 2.48 bits per heavy atom. The highest BCUT2D eigenvalue weighted by molar-refractivity contribution is 5.94. The minimum atomic E-state index is -0.951. The van der Waals surface area contributed by atoms with Gasteiger partial charge < -0.3 is 33.0 Å². The lowest BCUT2D eigenvalue weighted by Gasteiger charge is -2.37. The van der Waals surface area contributed by atoms with Crippen LogP contribution in [0, 0.1) is 0 Å². The molecule has 2 aromatic rings. The maximum atomic E-state index is 14.3.